The fourth-order valence-corrected chi connectivity index (χ4v) is 1.47. The summed E-state index contributed by atoms with van der Waals surface area (Å²) in [5, 5.41) is 5.67. The molecule has 0 spiro atoms. The fraction of sp³-hybridized carbons (Fsp3) is 0. The summed E-state index contributed by atoms with van der Waals surface area (Å²) in [5.74, 6) is 0.546. The largest absolute Gasteiger partial charge is 0.321 e. The maximum atomic E-state index is 5.44. The van der Waals surface area contributed by atoms with Gasteiger partial charge in [0.05, 0.1) is 4.88 Å². The highest BCUT2D eigenvalue weighted by Gasteiger charge is 2.05. The van der Waals surface area contributed by atoms with Crippen molar-refractivity contribution in [3.8, 4) is 10.7 Å². The Morgan fingerprint density at radius 2 is 2.45 bits per heavy atom. The van der Waals surface area contributed by atoms with Crippen LogP contribution in [-0.4, -0.2) is 10.1 Å². The quantitative estimate of drug-likeness (QED) is 0.687. The van der Waals surface area contributed by atoms with Crippen LogP contribution >= 0.6 is 22.9 Å². The van der Waals surface area contributed by atoms with Gasteiger partial charge in [-0.25, -0.2) is 0 Å². The lowest BCUT2D eigenvalue weighted by Gasteiger charge is -1.80. The third-order valence-electron chi connectivity index (χ3n) is 1.14. The molecule has 2 aromatic heterocycles. The SMILES string of the molecule is Clc1nc(-c2cccs2)no1. The highest BCUT2D eigenvalue weighted by molar-refractivity contribution is 7.13. The Kier molecular flexibility index (Phi) is 1.63. The second-order valence-corrected chi connectivity index (χ2v) is 3.12. The topological polar surface area (TPSA) is 38.9 Å². The number of hydrogen-bond donors (Lipinski definition) is 0. The smallest absolute Gasteiger partial charge is 0.320 e. The van der Waals surface area contributed by atoms with Crippen LogP contribution in [0.1, 0.15) is 0 Å². The Bertz CT molecular complexity index is 343. The van der Waals surface area contributed by atoms with Gasteiger partial charge >= 0.3 is 5.35 Å². The van der Waals surface area contributed by atoms with Crippen molar-refractivity contribution >= 4 is 22.9 Å². The zero-order chi connectivity index (χ0) is 7.68. The second kappa shape index (κ2) is 2.64. The van der Waals surface area contributed by atoms with Gasteiger partial charge in [-0.05, 0) is 23.0 Å². The Labute approximate surface area is 71.6 Å². The van der Waals surface area contributed by atoms with E-state index in [0.717, 1.165) is 4.88 Å². The summed E-state index contributed by atoms with van der Waals surface area (Å²) in [6.45, 7) is 0. The van der Waals surface area contributed by atoms with Crippen LogP contribution in [0.4, 0.5) is 0 Å². The lowest BCUT2D eigenvalue weighted by atomic mass is 10.5. The van der Waals surface area contributed by atoms with Gasteiger partial charge in [0.2, 0.25) is 5.82 Å². The van der Waals surface area contributed by atoms with E-state index in [1.54, 1.807) is 11.3 Å². The van der Waals surface area contributed by atoms with Gasteiger partial charge in [-0.3, -0.25) is 0 Å². The molecule has 2 aromatic rings. The first-order valence-electron chi connectivity index (χ1n) is 2.89. The summed E-state index contributed by atoms with van der Waals surface area (Å²) in [5.41, 5.74) is 0. The predicted octanol–water partition coefficient (Wildman–Crippen LogP) is 2.45. The molecule has 0 unspecified atom stereocenters. The number of halogens is 1. The van der Waals surface area contributed by atoms with E-state index in [1.165, 1.54) is 0 Å². The van der Waals surface area contributed by atoms with Crippen molar-refractivity contribution in [3.05, 3.63) is 22.9 Å². The number of nitrogens with zero attached hydrogens (tertiary/aromatic N) is 2. The molecule has 0 aromatic carbocycles. The lowest BCUT2D eigenvalue weighted by molar-refractivity contribution is 0.421. The molecule has 56 valence electrons. The summed E-state index contributed by atoms with van der Waals surface area (Å²) < 4.78 is 4.60. The lowest BCUT2D eigenvalue weighted by Crippen LogP contribution is -1.71. The molecule has 2 heterocycles. The zero-order valence-electron chi connectivity index (χ0n) is 5.32. The minimum absolute atomic E-state index is 0.0772. The summed E-state index contributed by atoms with van der Waals surface area (Å²) >= 11 is 6.99. The van der Waals surface area contributed by atoms with Crippen molar-refractivity contribution in [1.29, 1.82) is 0 Å². The summed E-state index contributed by atoms with van der Waals surface area (Å²) in [6, 6.07) is 3.83. The molecule has 0 bridgehead atoms. The maximum Gasteiger partial charge on any atom is 0.320 e. The highest BCUT2D eigenvalue weighted by Crippen LogP contribution is 2.22. The van der Waals surface area contributed by atoms with Crippen molar-refractivity contribution in [3.63, 3.8) is 0 Å². The van der Waals surface area contributed by atoms with E-state index in [9.17, 15) is 0 Å². The maximum absolute atomic E-state index is 5.44. The van der Waals surface area contributed by atoms with Crippen molar-refractivity contribution in [2.45, 2.75) is 0 Å². The van der Waals surface area contributed by atoms with Crippen LogP contribution in [-0.2, 0) is 0 Å². The normalized spacial score (nSPS) is 10.3. The third-order valence-corrected chi connectivity index (χ3v) is 2.16. The van der Waals surface area contributed by atoms with E-state index in [2.05, 4.69) is 14.7 Å². The molecule has 0 N–H and O–H groups in total. The molecule has 0 atom stereocenters. The number of aromatic nitrogens is 2. The van der Waals surface area contributed by atoms with Gasteiger partial charge in [-0.1, -0.05) is 11.2 Å². The molecule has 0 aliphatic carbocycles. The van der Waals surface area contributed by atoms with Gasteiger partial charge in [-0.15, -0.1) is 11.3 Å². The predicted molar refractivity (Wildman–Crippen MR) is 42.6 cm³/mol. The molecule has 0 amide bonds. The molecule has 5 heteroatoms. The minimum Gasteiger partial charge on any atom is -0.321 e. The summed E-state index contributed by atoms with van der Waals surface area (Å²) in [7, 11) is 0. The molecular weight excluding hydrogens is 184 g/mol. The molecule has 0 saturated heterocycles. The Morgan fingerprint density at radius 1 is 1.55 bits per heavy atom. The molecule has 11 heavy (non-hydrogen) atoms. The first-order chi connectivity index (χ1) is 5.36. The van der Waals surface area contributed by atoms with Crippen molar-refractivity contribution in [1.82, 2.24) is 10.1 Å². The van der Waals surface area contributed by atoms with E-state index >= 15 is 0 Å². The van der Waals surface area contributed by atoms with E-state index in [0.29, 0.717) is 5.82 Å². The van der Waals surface area contributed by atoms with E-state index in [1.807, 2.05) is 17.5 Å². The monoisotopic (exact) mass is 186 g/mol. The van der Waals surface area contributed by atoms with Crippen LogP contribution in [0.15, 0.2) is 22.0 Å². The van der Waals surface area contributed by atoms with Crippen LogP contribution in [0.3, 0.4) is 0 Å². The molecule has 2 rings (SSSR count). The van der Waals surface area contributed by atoms with Gasteiger partial charge in [-0.2, -0.15) is 4.98 Å². The number of rotatable bonds is 1. The second-order valence-electron chi connectivity index (χ2n) is 1.85. The first-order valence-corrected chi connectivity index (χ1v) is 4.15. The molecule has 0 aliphatic rings. The van der Waals surface area contributed by atoms with E-state index < -0.39 is 0 Å². The van der Waals surface area contributed by atoms with Crippen LogP contribution in [0.25, 0.3) is 10.7 Å². The molecular formula is C6H3ClN2OS. The van der Waals surface area contributed by atoms with Gasteiger partial charge < -0.3 is 4.52 Å². The van der Waals surface area contributed by atoms with Crippen LogP contribution < -0.4 is 0 Å². The third kappa shape index (κ3) is 1.27. The Morgan fingerprint density at radius 3 is 3.00 bits per heavy atom. The number of hydrogen-bond acceptors (Lipinski definition) is 4. The molecule has 0 saturated carbocycles. The average Bonchev–Trinajstić information content (AvgIpc) is 2.55. The van der Waals surface area contributed by atoms with Crippen molar-refractivity contribution in [2.24, 2.45) is 0 Å². The van der Waals surface area contributed by atoms with Crippen LogP contribution in [0, 0.1) is 0 Å². The molecule has 0 aliphatic heterocycles. The standard InChI is InChI=1S/C6H3ClN2OS/c7-6-8-5(9-10-6)4-2-1-3-11-4/h1-3H. The van der Waals surface area contributed by atoms with Crippen LogP contribution in [0.2, 0.25) is 5.35 Å². The first kappa shape index (κ1) is 6.82. The van der Waals surface area contributed by atoms with E-state index in [4.69, 9.17) is 11.6 Å². The molecule has 0 fully saturated rings. The average molecular weight is 187 g/mol. The van der Waals surface area contributed by atoms with Crippen molar-refractivity contribution in [2.75, 3.05) is 0 Å². The number of thiophene rings is 1. The molecule has 3 nitrogen and oxygen atoms in total. The van der Waals surface area contributed by atoms with Crippen molar-refractivity contribution < 1.29 is 4.52 Å². The highest BCUT2D eigenvalue weighted by atomic mass is 35.5. The molecule has 0 radical (unpaired) electrons. The Balaban J connectivity index is 2.45. The minimum atomic E-state index is 0.0772. The zero-order valence-corrected chi connectivity index (χ0v) is 6.89. The van der Waals surface area contributed by atoms with Gasteiger partial charge in [0, 0.05) is 0 Å². The summed E-state index contributed by atoms with van der Waals surface area (Å²) in [6.07, 6.45) is 0. The van der Waals surface area contributed by atoms with Gasteiger partial charge in [0.25, 0.3) is 0 Å². The fourth-order valence-electron chi connectivity index (χ4n) is 0.711. The van der Waals surface area contributed by atoms with Gasteiger partial charge in [0.1, 0.15) is 0 Å². The van der Waals surface area contributed by atoms with Crippen LogP contribution in [0.5, 0.6) is 0 Å². The Hall–Kier alpha value is -0.870. The summed E-state index contributed by atoms with van der Waals surface area (Å²) in [4.78, 5) is 4.81. The van der Waals surface area contributed by atoms with E-state index in [-0.39, 0.29) is 5.35 Å². The van der Waals surface area contributed by atoms with Gasteiger partial charge in [0.15, 0.2) is 0 Å².